The standard InChI is InChI=1S/C18H36O2.C14H31N/c1-2-3-4-5-6-7-8-9-10-11-12-13-14-15-16-17-18(19)20;1-4-6-7-8-9-10-11-12-13-14-15(3)5-2/h2-17H2,1H3,(H,19,20);4-14H2,1-3H3. The van der Waals surface area contributed by atoms with E-state index >= 15 is 0 Å². The van der Waals surface area contributed by atoms with Gasteiger partial charge in [-0.3, -0.25) is 4.79 Å². The van der Waals surface area contributed by atoms with E-state index in [1.54, 1.807) is 0 Å². The highest BCUT2D eigenvalue weighted by Gasteiger charge is 1.97. The number of carboxylic acids is 1. The third-order valence-electron chi connectivity index (χ3n) is 7.18. The predicted octanol–water partition coefficient (Wildman–Crippen LogP) is 10.8. The average Bonchev–Trinajstić information content (AvgIpc) is 2.85. The quantitative estimate of drug-likeness (QED) is 0.115. The van der Waals surface area contributed by atoms with Gasteiger partial charge in [-0.2, -0.15) is 0 Å². The Bertz CT molecular complexity index is 386. The van der Waals surface area contributed by atoms with Gasteiger partial charge in [0.25, 0.3) is 0 Å². The van der Waals surface area contributed by atoms with Crippen LogP contribution >= 0.6 is 0 Å². The van der Waals surface area contributed by atoms with Crippen molar-refractivity contribution in [3.8, 4) is 0 Å². The van der Waals surface area contributed by atoms with E-state index in [0.717, 1.165) is 12.8 Å². The lowest BCUT2D eigenvalue weighted by atomic mass is 10.0. The first-order valence-corrected chi connectivity index (χ1v) is 16.0. The molecule has 212 valence electrons. The van der Waals surface area contributed by atoms with Gasteiger partial charge in [-0.05, 0) is 33.0 Å². The molecule has 0 fully saturated rings. The van der Waals surface area contributed by atoms with E-state index in [2.05, 4.69) is 32.7 Å². The van der Waals surface area contributed by atoms with Crippen LogP contribution in [0.25, 0.3) is 0 Å². The Morgan fingerprint density at radius 3 is 1.06 bits per heavy atom. The first-order valence-electron chi connectivity index (χ1n) is 16.0. The molecule has 0 saturated heterocycles. The molecule has 0 rings (SSSR count). The number of nitrogens with zero attached hydrogens (tertiary/aromatic N) is 1. The molecule has 0 aromatic rings. The molecule has 0 aliphatic rings. The second-order valence-corrected chi connectivity index (χ2v) is 10.8. The molecular weight excluding hydrogens is 430 g/mol. The smallest absolute Gasteiger partial charge is 0.303 e. The van der Waals surface area contributed by atoms with Crippen LogP contribution in [0.4, 0.5) is 0 Å². The van der Waals surface area contributed by atoms with Crippen LogP contribution in [0, 0.1) is 0 Å². The zero-order chi connectivity index (χ0) is 26.2. The van der Waals surface area contributed by atoms with Gasteiger partial charge in [0, 0.05) is 6.42 Å². The minimum Gasteiger partial charge on any atom is -0.481 e. The maximum Gasteiger partial charge on any atom is 0.303 e. The number of aliphatic carboxylic acids is 1. The van der Waals surface area contributed by atoms with E-state index in [1.807, 2.05) is 0 Å². The van der Waals surface area contributed by atoms with Gasteiger partial charge in [0.05, 0.1) is 0 Å². The molecule has 0 radical (unpaired) electrons. The minimum atomic E-state index is -0.653. The fourth-order valence-corrected chi connectivity index (χ4v) is 4.50. The molecule has 0 aromatic carbocycles. The SMILES string of the molecule is CCCCCCCCCCCCCCCCCC(=O)O.CCCCCCCCCCCN(C)CC. The molecule has 0 aliphatic heterocycles. The van der Waals surface area contributed by atoms with Gasteiger partial charge in [0.2, 0.25) is 0 Å². The van der Waals surface area contributed by atoms with Crippen LogP contribution < -0.4 is 0 Å². The summed E-state index contributed by atoms with van der Waals surface area (Å²) in [5.41, 5.74) is 0. The highest BCUT2D eigenvalue weighted by molar-refractivity contribution is 5.66. The Balaban J connectivity index is 0. The Hall–Kier alpha value is -0.570. The topological polar surface area (TPSA) is 40.5 Å². The third kappa shape index (κ3) is 38.1. The highest BCUT2D eigenvalue weighted by atomic mass is 16.4. The summed E-state index contributed by atoms with van der Waals surface area (Å²) in [4.78, 5) is 12.7. The van der Waals surface area contributed by atoms with Crippen molar-refractivity contribution in [3.63, 3.8) is 0 Å². The van der Waals surface area contributed by atoms with Crippen molar-refractivity contribution in [2.24, 2.45) is 0 Å². The lowest BCUT2D eigenvalue weighted by molar-refractivity contribution is -0.137. The summed E-state index contributed by atoms with van der Waals surface area (Å²) in [5.74, 6) is -0.653. The lowest BCUT2D eigenvalue weighted by Crippen LogP contribution is -2.18. The first kappa shape index (κ1) is 36.6. The lowest BCUT2D eigenvalue weighted by Gasteiger charge is -2.12. The normalized spacial score (nSPS) is 11.0. The maximum atomic E-state index is 10.3. The number of unbranched alkanes of at least 4 members (excludes halogenated alkanes) is 22. The molecule has 0 heterocycles. The van der Waals surface area contributed by atoms with Gasteiger partial charge in [-0.1, -0.05) is 162 Å². The number of carbonyl (C=O) groups is 1. The van der Waals surface area contributed by atoms with Crippen molar-refractivity contribution < 1.29 is 9.90 Å². The van der Waals surface area contributed by atoms with E-state index in [9.17, 15) is 4.79 Å². The van der Waals surface area contributed by atoms with Gasteiger partial charge in [0.1, 0.15) is 0 Å². The molecule has 0 unspecified atom stereocenters. The number of carboxylic acid groups (broad SMARTS) is 1. The number of hydrogen-bond acceptors (Lipinski definition) is 2. The third-order valence-corrected chi connectivity index (χ3v) is 7.18. The van der Waals surface area contributed by atoms with Gasteiger partial charge in [-0.15, -0.1) is 0 Å². The number of rotatable bonds is 27. The highest BCUT2D eigenvalue weighted by Crippen LogP contribution is 2.13. The Kier molecular flexibility index (Phi) is 34.9. The zero-order valence-corrected chi connectivity index (χ0v) is 24.9. The summed E-state index contributed by atoms with van der Waals surface area (Å²) in [6, 6.07) is 0. The van der Waals surface area contributed by atoms with E-state index in [4.69, 9.17) is 5.11 Å². The minimum absolute atomic E-state index is 0.345. The van der Waals surface area contributed by atoms with Crippen LogP contribution in [0.3, 0.4) is 0 Å². The van der Waals surface area contributed by atoms with E-state index < -0.39 is 5.97 Å². The maximum absolute atomic E-state index is 10.3. The van der Waals surface area contributed by atoms with Crippen molar-refractivity contribution >= 4 is 5.97 Å². The molecule has 0 saturated carbocycles. The molecular formula is C32H67NO2. The fraction of sp³-hybridized carbons (Fsp3) is 0.969. The van der Waals surface area contributed by atoms with Crippen molar-refractivity contribution in [1.82, 2.24) is 4.90 Å². The van der Waals surface area contributed by atoms with E-state index in [1.165, 1.54) is 154 Å². The van der Waals surface area contributed by atoms with Crippen molar-refractivity contribution in [2.45, 2.75) is 181 Å². The molecule has 0 bridgehead atoms. The van der Waals surface area contributed by atoms with Crippen LogP contribution in [0.15, 0.2) is 0 Å². The largest absolute Gasteiger partial charge is 0.481 e. The molecule has 0 atom stereocenters. The molecule has 35 heavy (non-hydrogen) atoms. The molecule has 0 amide bonds. The summed E-state index contributed by atoms with van der Waals surface area (Å²) >= 11 is 0. The molecule has 0 aliphatic carbocycles. The Morgan fingerprint density at radius 1 is 0.486 bits per heavy atom. The summed E-state index contributed by atoms with van der Waals surface area (Å²) in [5, 5.41) is 8.52. The molecule has 3 nitrogen and oxygen atoms in total. The molecule has 0 spiro atoms. The van der Waals surface area contributed by atoms with E-state index in [0.29, 0.717) is 6.42 Å². The average molecular weight is 498 g/mol. The second kappa shape index (κ2) is 33.4. The zero-order valence-electron chi connectivity index (χ0n) is 24.9. The summed E-state index contributed by atoms with van der Waals surface area (Å²) in [7, 11) is 2.21. The summed E-state index contributed by atoms with van der Waals surface area (Å²) in [6.45, 7) is 9.26. The first-order chi connectivity index (χ1) is 17.1. The fourth-order valence-electron chi connectivity index (χ4n) is 4.50. The van der Waals surface area contributed by atoms with Gasteiger partial charge < -0.3 is 10.0 Å². The summed E-state index contributed by atoms with van der Waals surface area (Å²) in [6.07, 6.45) is 33.1. The van der Waals surface area contributed by atoms with Gasteiger partial charge >= 0.3 is 5.97 Å². The van der Waals surface area contributed by atoms with Crippen molar-refractivity contribution in [2.75, 3.05) is 20.1 Å². The van der Waals surface area contributed by atoms with Crippen molar-refractivity contribution in [3.05, 3.63) is 0 Å². The van der Waals surface area contributed by atoms with Crippen LogP contribution in [0.1, 0.15) is 181 Å². The van der Waals surface area contributed by atoms with Crippen LogP contribution in [0.2, 0.25) is 0 Å². The number of hydrogen-bond donors (Lipinski definition) is 1. The Labute approximate surface area is 222 Å². The Morgan fingerprint density at radius 2 is 0.771 bits per heavy atom. The van der Waals surface area contributed by atoms with Crippen LogP contribution in [-0.4, -0.2) is 36.1 Å². The van der Waals surface area contributed by atoms with Gasteiger partial charge in [0.15, 0.2) is 0 Å². The van der Waals surface area contributed by atoms with Crippen LogP contribution in [0.5, 0.6) is 0 Å². The molecule has 1 N–H and O–H groups in total. The predicted molar refractivity (Wildman–Crippen MR) is 158 cm³/mol. The monoisotopic (exact) mass is 498 g/mol. The van der Waals surface area contributed by atoms with E-state index in [-0.39, 0.29) is 0 Å². The van der Waals surface area contributed by atoms with Crippen molar-refractivity contribution in [1.29, 1.82) is 0 Å². The molecule has 3 heteroatoms. The van der Waals surface area contributed by atoms with Crippen LogP contribution in [-0.2, 0) is 4.79 Å². The summed E-state index contributed by atoms with van der Waals surface area (Å²) < 4.78 is 0. The van der Waals surface area contributed by atoms with Gasteiger partial charge in [-0.25, -0.2) is 0 Å². The second-order valence-electron chi connectivity index (χ2n) is 10.8. The molecule has 0 aromatic heterocycles.